The molecule has 1 aromatic heterocycles. The van der Waals surface area contributed by atoms with Crippen molar-refractivity contribution >= 4 is 38.3 Å². The highest BCUT2D eigenvalue weighted by atomic mass is 32.2. The number of H-pyrrole nitrogens is 2. The van der Waals surface area contributed by atoms with Gasteiger partial charge in [-0.15, -0.1) is 0 Å². The molecule has 3 aromatic carbocycles. The SMILES string of the molecule is O=C(NCC1CCN(c2ccccc2)C1)c1ccccc1NS(=O)(=O)c1ccc2[nH]c(=O)[nH]c2c1. The third-order valence-corrected chi connectivity index (χ3v) is 7.54. The molecule has 2 heterocycles. The molecule has 35 heavy (non-hydrogen) atoms. The van der Waals surface area contributed by atoms with E-state index in [1.54, 1.807) is 24.3 Å². The second kappa shape index (κ2) is 9.30. The van der Waals surface area contributed by atoms with Gasteiger partial charge in [-0.25, -0.2) is 13.2 Å². The number of carbonyl (C=O) groups excluding carboxylic acids is 1. The fourth-order valence-corrected chi connectivity index (χ4v) is 5.46. The Kier molecular flexibility index (Phi) is 6.04. The minimum absolute atomic E-state index is 0.0255. The van der Waals surface area contributed by atoms with Crippen molar-refractivity contribution in [2.75, 3.05) is 29.3 Å². The molecule has 1 saturated heterocycles. The van der Waals surface area contributed by atoms with Crippen LogP contribution in [0.2, 0.25) is 0 Å². The van der Waals surface area contributed by atoms with Gasteiger partial charge in [0, 0.05) is 25.3 Å². The van der Waals surface area contributed by atoms with Crippen LogP contribution in [0.3, 0.4) is 0 Å². The van der Waals surface area contributed by atoms with Crippen LogP contribution in [0.1, 0.15) is 16.8 Å². The lowest BCUT2D eigenvalue weighted by atomic mass is 10.1. The largest absolute Gasteiger partial charge is 0.371 e. The number of rotatable bonds is 7. The number of benzene rings is 3. The quantitative estimate of drug-likeness (QED) is 0.316. The third kappa shape index (κ3) is 4.92. The van der Waals surface area contributed by atoms with Crippen LogP contribution in [0.25, 0.3) is 11.0 Å². The molecule has 9 nitrogen and oxygen atoms in total. The molecule has 5 rings (SSSR count). The first-order valence-electron chi connectivity index (χ1n) is 11.3. The molecule has 10 heteroatoms. The number of nitrogens with zero attached hydrogens (tertiary/aromatic N) is 1. The van der Waals surface area contributed by atoms with E-state index in [0.29, 0.717) is 23.5 Å². The summed E-state index contributed by atoms with van der Waals surface area (Å²) in [6.45, 7) is 2.28. The van der Waals surface area contributed by atoms with Gasteiger partial charge in [-0.2, -0.15) is 0 Å². The third-order valence-electron chi connectivity index (χ3n) is 6.17. The minimum Gasteiger partial charge on any atom is -0.371 e. The molecule has 1 fully saturated rings. The van der Waals surface area contributed by atoms with Crippen LogP contribution in [0.15, 0.2) is 82.5 Å². The Hall–Kier alpha value is -4.05. The number of anilines is 2. The molecule has 0 bridgehead atoms. The minimum atomic E-state index is -3.99. The number of sulfonamides is 1. The molecule has 0 aliphatic carbocycles. The predicted octanol–water partition coefficient (Wildman–Crippen LogP) is 2.91. The van der Waals surface area contributed by atoms with Crippen LogP contribution < -0.4 is 20.6 Å². The topological polar surface area (TPSA) is 127 Å². The number of hydrogen-bond acceptors (Lipinski definition) is 5. The van der Waals surface area contributed by atoms with Crippen molar-refractivity contribution in [2.45, 2.75) is 11.3 Å². The Balaban J connectivity index is 1.27. The Morgan fingerprint density at radius 1 is 0.971 bits per heavy atom. The van der Waals surface area contributed by atoms with Gasteiger partial charge in [0.1, 0.15) is 0 Å². The molecular weight excluding hydrogens is 466 g/mol. The summed E-state index contributed by atoms with van der Waals surface area (Å²) < 4.78 is 28.5. The van der Waals surface area contributed by atoms with Gasteiger partial charge in [-0.1, -0.05) is 30.3 Å². The first kappa shape index (κ1) is 22.7. The zero-order valence-corrected chi connectivity index (χ0v) is 19.6. The molecule has 4 N–H and O–H groups in total. The highest BCUT2D eigenvalue weighted by molar-refractivity contribution is 7.92. The summed E-state index contributed by atoms with van der Waals surface area (Å²) in [5.74, 6) is -0.0369. The molecule has 1 unspecified atom stereocenters. The number of aromatic amines is 2. The second-order valence-corrected chi connectivity index (χ2v) is 10.3. The summed E-state index contributed by atoms with van der Waals surface area (Å²) in [6, 6.07) is 20.9. The van der Waals surface area contributed by atoms with E-state index < -0.39 is 15.7 Å². The van der Waals surface area contributed by atoms with Crippen LogP contribution in [0.4, 0.5) is 11.4 Å². The van der Waals surface area contributed by atoms with Crippen LogP contribution >= 0.6 is 0 Å². The summed E-state index contributed by atoms with van der Waals surface area (Å²) in [5.41, 5.74) is 2.06. The van der Waals surface area contributed by atoms with Gasteiger partial charge in [0.25, 0.3) is 15.9 Å². The van der Waals surface area contributed by atoms with Crippen LogP contribution in [0, 0.1) is 5.92 Å². The van der Waals surface area contributed by atoms with Crippen LogP contribution in [0.5, 0.6) is 0 Å². The highest BCUT2D eigenvalue weighted by Crippen LogP contribution is 2.24. The van der Waals surface area contributed by atoms with Crippen molar-refractivity contribution in [3.63, 3.8) is 0 Å². The van der Waals surface area contributed by atoms with Crippen molar-refractivity contribution in [2.24, 2.45) is 5.92 Å². The molecule has 180 valence electrons. The number of fused-ring (bicyclic) bond motifs is 1. The van der Waals surface area contributed by atoms with Crippen molar-refractivity contribution < 1.29 is 13.2 Å². The molecular formula is C25H25N5O4S. The monoisotopic (exact) mass is 491 g/mol. The lowest BCUT2D eigenvalue weighted by molar-refractivity contribution is 0.0949. The summed E-state index contributed by atoms with van der Waals surface area (Å²) in [5, 5.41) is 2.96. The van der Waals surface area contributed by atoms with E-state index in [2.05, 4.69) is 37.0 Å². The predicted molar refractivity (Wildman–Crippen MR) is 135 cm³/mol. The van der Waals surface area contributed by atoms with E-state index >= 15 is 0 Å². The first-order valence-corrected chi connectivity index (χ1v) is 12.8. The summed E-state index contributed by atoms with van der Waals surface area (Å²) >= 11 is 0. The first-order chi connectivity index (χ1) is 16.9. The standard InChI is InChI=1S/C25H25N5O4S/c31-24(26-15-17-12-13-30(16-17)18-6-2-1-3-7-18)20-8-4-5-9-21(20)29-35(33,34)19-10-11-22-23(14-19)28-25(32)27-22/h1-11,14,17,29H,12-13,15-16H2,(H,26,31)(H2,27,28,32). The average Bonchev–Trinajstić information content (AvgIpc) is 3.48. The maximum Gasteiger partial charge on any atom is 0.323 e. The zero-order valence-electron chi connectivity index (χ0n) is 18.8. The molecule has 4 aromatic rings. The number of aromatic nitrogens is 2. The van der Waals surface area contributed by atoms with E-state index in [4.69, 9.17) is 0 Å². The number of hydrogen-bond donors (Lipinski definition) is 4. The van der Waals surface area contributed by atoms with Crippen molar-refractivity contribution in [3.05, 3.63) is 88.8 Å². The molecule has 1 atom stereocenters. The number of carbonyl (C=O) groups is 1. The molecule has 1 aliphatic heterocycles. The Labute approximate surface area is 202 Å². The molecule has 0 saturated carbocycles. The number of nitrogens with one attached hydrogen (secondary N) is 4. The molecule has 0 spiro atoms. The van der Waals surface area contributed by atoms with Gasteiger partial charge >= 0.3 is 5.69 Å². The van der Waals surface area contributed by atoms with Crippen molar-refractivity contribution in [1.82, 2.24) is 15.3 Å². The van der Waals surface area contributed by atoms with E-state index in [0.717, 1.165) is 19.5 Å². The van der Waals surface area contributed by atoms with Gasteiger partial charge in [0.05, 0.1) is 27.2 Å². The summed E-state index contributed by atoms with van der Waals surface area (Å²) in [4.78, 5) is 31.9. The Bertz CT molecular complexity index is 1530. The molecule has 1 amide bonds. The molecule has 1 aliphatic rings. The van der Waals surface area contributed by atoms with Crippen LogP contribution in [-0.4, -0.2) is 43.9 Å². The maximum atomic E-state index is 13.0. The Morgan fingerprint density at radius 3 is 2.54 bits per heavy atom. The fourth-order valence-electron chi connectivity index (χ4n) is 4.36. The van der Waals surface area contributed by atoms with Gasteiger partial charge in [0.15, 0.2) is 0 Å². The van der Waals surface area contributed by atoms with E-state index in [9.17, 15) is 18.0 Å². The number of para-hydroxylation sites is 2. The summed E-state index contributed by atoms with van der Waals surface area (Å²) in [7, 11) is -3.99. The van der Waals surface area contributed by atoms with E-state index in [1.807, 2.05) is 18.2 Å². The van der Waals surface area contributed by atoms with E-state index in [1.165, 1.54) is 23.9 Å². The van der Waals surface area contributed by atoms with Gasteiger partial charge < -0.3 is 20.2 Å². The van der Waals surface area contributed by atoms with E-state index in [-0.39, 0.29) is 22.1 Å². The number of imidazole rings is 1. The maximum absolute atomic E-state index is 13.0. The Morgan fingerprint density at radius 2 is 1.71 bits per heavy atom. The summed E-state index contributed by atoms with van der Waals surface area (Å²) in [6.07, 6.45) is 0.965. The van der Waals surface area contributed by atoms with Gasteiger partial charge in [0.2, 0.25) is 0 Å². The van der Waals surface area contributed by atoms with Crippen molar-refractivity contribution in [1.29, 1.82) is 0 Å². The van der Waals surface area contributed by atoms with Crippen LogP contribution in [-0.2, 0) is 10.0 Å². The number of amides is 1. The normalized spacial score (nSPS) is 15.9. The lowest BCUT2D eigenvalue weighted by Gasteiger charge is -2.19. The van der Waals surface area contributed by atoms with Gasteiger partial charge in [-0.3, -0.25) is 9.52 Å². The fraction of sp³-hybridized carbons (Fsp3) is 0.200. The molecule has 0 radical (unpaired) electrons. The smallest absolute Gasteiger partial charge is 0.323 e. The van der Waals surface area contributed by atoms with Crippen molar-refractivity contribution in [3.8, 4) is 0 Å². The second-order valence-electron chi connectivity index (χ2n) is 8.58. The lowest BCUT2D eigenvalue weighted by Crippen LogP contribution is -2.31. The average molecular weight is 492 g/mol. The zero-order chi connectivity index (χ0) is 24.4. The highest BCUT2D eigenvalue weighted by Gasteiger charge is 2.24. The van der Waals surface area contributed by atoms with Gasteiger partial charge in [-0.05, 0) is 54.8 Å².